The predicted molar refractivity (Wildman–Crippen MR) is 81.7 cm³/mol. The Bertz CT molecular complexity index is 467. The van der Waals surface area contributed by atoms with E-state index in [0.29, 0.717) is 0 Å². The van der Waals surface area contributed by atoms with Crippen molar-refractivity contribution in [2.24, 2.45) is 0 Å². The summed E-state index contributed by atoms with van der Waals surface area (Å²) in [6, 6.07) is 8.34. The van der Waals surface area contributed by atoms with Crippen LogP contribution in [0.2, 0.25) is 0 Å². The molecule has 1 aliphatic heterocycles. The number of benzene rings is 1. The highest BCUT2D eigenvalue weighted by Gasteiger charge is 2.53. The van der Waals surface area contributed by atoms with Crippen LogP contribution in [0.4, 0.5) is 5.69 Å². The fourth-order valence-corrected chi connectivity index (χ4v) is 2.27. The number of halogens is 1. The van der Waals surface area contributed by atoms with Gasteiger partial charge in [0.2, 0.25) is 0 Å². The molecule has 1 aliphatic rings. The molecule has 2 rings (SSSR count). The van der Waals surface area contributed by atoms with Crippen molar-refractivity contribution in [1.82, 2.24) is 4.48 Å². The zero-order chi connectivity index (χ0) is 14.5. The number of hydrogen-bond acceptors (Lipinski definition) is 2. The summed E-state index contributed by atoms with van der Waals surface area (Å²) in [6.45, 7) is 8.34. The van der Waals surface area contributed by atoms with Gasteiger partial charge in [0.15, 0.2) is 0 Å². The first-order chi connectivity index (χ1) is 8.55. The zero-order valence-electron chi connectivity index (χ0n) is 13.5. The van der Waals surface area contributed by atoms with Crippen LogP contribution in [0.5, 0.6) is 0 Å². The summed E-state index contributed by atoms with van der Waals surface area (Å²) in [5.41, 5.74) is 1.75. The third-order valence-corrected chi connectivity index (χ3v) is 4.17. The largest absolute Gasteiger partial charge is 1.00 e. The molecule has 3 nitrogen and oxygen atoms in total. The van der Waals surface area contributed by atoms with E-state index in [2.05, 4.69) is 67.0 Å². The summed E-state index contributed by atoms with van der Waals surface area (Å²) in [7, 11) is 6.18. The van der Waals surface area contributed by atoms with Crippen LogP contribution in [0.15, 0.2) is 24.3 Å². The van der Waals surface area contributed by atoms with Crippen molar-refractivity contribution in [1.29, 1.82) is 0 Å². The van der Waals surface area contributed by atoms with Gasteiger partial charge >= 0.3 is 7.12 Å². The highest BCUT2D eigenvalue weighted by atomic mass is 127. The van der Waals surface area contributed by atoms with Gasteiger partial charge in [-0.1, -0.05) is 18.2 Å². The van der Waals surface area contributed by atoms with E-state index in [1.54, 1.807) is 0 Å². The van der Waals surface area contributed by atoms with Crippen LogP contribution in [0.3, 0.4) is 0 Å². The maximum absolute atomic E-state index is 6.15. The molecule has 5 heteroatoms. The van der Waals surface area contributed by atoms with Gasteiger partial charge in [-0.2, -0.15) is 0 Å². The number of nitrogens with zero attached hydrogens (tertiary/aromatic N) is 1. The van der Waals surface area contributed by atoms with Crippen LogP contribution < -0.4 is 33.9 Å². The molecule has 0 aliphatic carbocycles. The minimum absolute atomic E-state index is 0. The van der Waals surface area contributed by atoms with E-state index < -0.39 is 0 Å². The Kier molecular flexibility index (Phi) is 5.02. The van der Waals surface area contributed by atoms with Gasteiger partial charge in [-0.25, -0.2) is 0 Å². The number of quaternary nitrogens is 1. The molecule has 1 heterocycles. The second kappa shape index (κ2) is 5.59. The van der Waals surface area contributed by atoms with Gasteiger partial charge in [-0.3, -0.25) is 4.48 Å². The van der Waals surface area contributed by atoms with E-state index in [1.165, 1.54) is 5.69 Å². The molecule has 0 saturated carbocycles. The van der Waals surface area contributed by atoms with Gasteiger partial charge in [0.1, 0.15) is 5.69 Å². The molecule has 0 radical (unpaired) electrons. The van der Waals surface area contributed by atoms with Crippen molar-refractivity contribution in [3.63, 3.8) is 0 Å². The lowest BCUT2D eigenvalue weighted by molar-refractivity contribution is -0.00000722. The number of hydrogen-bond donors (Lipinski definition) is 0. The Morgan fingerprint density at radius 3 is 1.80 bits per heavy atom. The van der Waals surface area contributed by atoms with Crippen molar-refractivity contribution in [3.8, 4) is 0 Å². The predicted octanol–water partition coefficient (Wildman–Crippen LogP) is -0.813. The van der Waals surface area contributed by atoms with Crippen LogP contribution in [-0.4, -0.2) is 39.5 Å². The van der Waals surface area contributed by atoms with Gasteiger partial charge < -0.3 is 33.3 Å². The summed E-state index contributed by atoms with van der Waals surface area (Å²) in [4.78, 5) is 0. The summed E-state index contributed by atoms with van der Waals surface area (Å²) in [5.74, 6) is 0. The molecule has 1 saturated heterocycles. The summed E-state index contributed by atoms with van der Waals surface area (Å²) < 4.78 is 13.1. The minimum Gasteiger partial charge on any atom is -1.00 e. The number of para-hydroxylation sites is 1. The van der Waals surface area contributed by atoms with Gasteiger partial charge in [0.05, 0.1) is 32.3 Å². The molecule has 0 N–H and O–H groups in total. The molecule has 0 aromatic heterocycles. The van der Waals surface area contributed by atoms with E-state index in [1.807, 2.05) is 6.07 Å². The molecule has 112 valence electrons. The number of rotatable bonds is 2. The highest BCUT2D eigenvalue weighted by molar-refractivity contribution is 6.63. The summed E-state index contributed by atoms with van der Waals surface area (Å²) in [6.07, 6.45) is 0. The van der Waals surface area contributed by atoms with Crippen molar-refractivity contribution in [2.75, 3.05) is 21.1 Å². The zero-order valence-corrected chi connectivity index (χ0v) is 15.7. The SMILES string of the molecule is CC1(C)OB(c2ccccc2[N+](C)(C)C)OC1(C)C.[I-]. The van der Waals surface area contributed by atoms with E-state index in [9.17, 15) is 0 Å². The first kappa shape index (κ1) is 17.9. The van der Waals surface area contributed by atoms with Crippen molar-refractivity contribution in [2.45, 2.75) is 38.9 Å². The van der Waals surface area contributed by atoms with Crippen LogP contribution in [0.25, 0.3) is 0 Å². The third kappa shape index (κ3) is 3.21. The Morgan fingerprint density at radius 2 is 1.35 bits per heavy atom. The fraction of sp³-hybridized carbons (Fsp3) is 0.600. The maximum Gasteiger partial charge on any atom is 0.500 e. The average molecular weight is 389 g/mol. The van der Waals surface area contributed by atoms with Crippen molar-refractivity contribution < 1.29 is 33.3 Å². The first-order valence-electron chi connectivity index (χ1n) is 6.81. The molecule has 0 unspecified atom stereocenters. The Hall–Kier alpha value is -0.105. The van der Waals surface area contributed by atoms with Gasteiger partial charge in [-0.15, -0.1) is 0 Å². The molecule has 20 heavy (non-hydrogen) atoms. The topological polar surface area (TPSA) is 18.5 Å². The van der Waals surface area contributed by atoms with E-state index in [-0.39, 0.29) is 42.3 Å². The fourth-order valence-electron chi connectivity index (χ4n) is 2.27. The molecular formula is C15H25BINO2. The molecule has 0 atom stereocenters. The Morgan fingerprint density at radius 1 is 0.900 bits per heavy atom. The van der Waals surface area contributed by atoms with Crippen molar-refractivity contribution >= 4 is 18.3 Å². The smallest absolute Gasteiger partial charge is 0.500 e. The van der Waals surface area contributed by atoms with E-state index in [4.69, 9.17) is 9.31 Å². The molecule has 0 bridgehead atoms. The average Bonchev–Trinajstić information content (AvgIpc) is 2.47. The standard InChI is InChI=1S/C15H25BNO2.HI/c1-14(2)15(3,4)19-16(18-14)12-10-8-9-11-13(12)17(5,6)7;/h8-11H,1-7H3;1H/q+1;/p-1. The molecular weight excluding hydrogens is 364 g/mol. The third-order valence-electron chi connectivity index (χ3n) is 4.17. The lowest BCUT2D eigenvalue weighted by Crippen LogP contribution is -3.00. The van der Waals surface area contributed by atoms with Crippen LogP contribution in [0, 0.1) is 0 Å². The first-order valence-corrected chi connectivity index (χ1v) is 6.81. The molecule has 1 fully saturated rings. The van der Waals surface area contributed by atoms with Crippen LogP contribution in [0.1, 0.15) is 27.7 Å². The lowest BCUT2D eigenvalue weighted by Gasteiger charge is -2.32. The summed E-state index contributed by atoms with van der Waals surface area (Å²) >= 11 is 0. The second-order valence-corrected chi connectivity index (χ2v) is 7.16. The van der Waals surface area contributed by atoms with E-state index >= 15 is 0 Å². The Balaban J connectivity index is 0.00000200. The van der Waals surface area contributed by atoms with Crippen LogP contribution in [-0.2, 0) is 9.31 Å². The summed E-state index contributed by atoms with van der Waals surface area (Å²) in [5, 5.41) is 0. The maximum atomic E-state index is 6.15. The molecule has 0 amide bonds. The molecule has 1 aromatic carbocycles. The molecule has 1 aromatic rings. The molecule has 0 spiro atoms. The monoisotopic (exact) mass is 389 g/mol. The van der Waals surface area contributed by atoms with Gasteiger partial charge in [-0.05, 0) is 33.8 Å². The van der Waals surface area contributed by atoms with E-state index in [0.717, 1.165) is 9.95 Å². The minimum atomic E-state index is -0.296. The van der Waals surface area contributed by atoms with Gasteiger partial charge in [0, 0.05) is 5.46 Å². The van der Waals surface area contributed by atoms with Crippen LogP contribution >= 0.6 is 0 Å². The van der Waals surface area contributed by atoms with Gasteiger partial charge in [0.25, 0.3) is 0 Å². The normalized spacial score (nSPS) is 20.6. The highest BCUT2D eigenvalue weighted by Crippen LogP contribution is 2.37. The second-order valence-electron chi connectivity index (χ2n) is 7.16. The Labute approximate surface area is 140 Å². The quantitative estimate of drug-likeness (QED) is 0.374. The lowest BCUT2D eigenvalue weighted by atomic mass is 9.77. The van der Waals surface area contributed by atoms with Crippen molar-refractivity contribution in [3.05, 3.63) is 24.3 Å².